The van der Waals surface area contributed by atoms with Gasteiger partial charge in [0.05, 0.1) is 18.0 Å². The van der Waals surface area contributed by atoms with E-state index in [-0.39, 0.29) is 6.61 Å². The monoisotopic (exact) mass is 340 g/mol. The Morgan fingerprint density at radius 1 is 1.20 bits per heavy atom. The van der Waals surface area contributed by atoms with E-state index in [1.807, 2.05) is 37.4 Å². The maximum atomic E-state index is 9.26. The highest BCUT2D eigenvalue weighted by Crippen LogP contribution is 2.25. The zero-order valence-electron chi connectivity index (χ0n) is 15.0. The summed E-state index contributed by atoms with van der Waals surface area (Å²) in [5.74, 6) is 1.97. The van der Waals surface area contributed by atoms with Crippen LogP contribution in [0.4, 0.5) is 5.82 Å². The van der Waals surface area contributed by atoms with Crippen LogP contribution in [-0.2, 0) is 19.4 Å². The Hall–Kier alpha value is -2.41. The van der Waals surface area contributed by atoms with Crippen LogP contribution in [0.5, 0.6) is 0 Å². The first-order valence-corrected chi connectivity index (χ1v) is 8.81. The lowest BCUT2D eigenvalue weighted by molar-refractivity contribution is 0.272. The number of nitrogens with one attached hydrogen (secondary N) is 1. The van der Waals surface area contributed by atoms with E-state index in [1.165, 1.54) is 5.69 Å². The van der Waals surface area contributed by atoms with Crippen molar-refractivity contribution in [2.45, 2.75) is 52.6 Å². The third-order valence-electron chi connectivity index (χ3n) is 4.87. The number of rotatable bonds is 4. The fourth-order valence-electron chi connectivity index (χ4n) is 3.81. The van der Waals surface area contributed by atoms with E-state index in [9.17, 15) is 5.11 Å². The van der Waals surface area contributed by atoms with Gasteiger partial charge in [0.2, 0.25) is 0 Å². The predicted octanol–water partition coefficient (Wildman–Crippen LogP) is 1.81. The molecule has 0 bridgehead atoms. The second kappa shape index (κ2) is 6.15. The van der Waals surface area contributed by atoms with E-state index < -0.39 is 0 Å². The van der Waals surface area contributed by atoms with Crippen molar-refractivity contribution in [3.8, 4) is 0 Å². The third-order valence-corrected chi connectivity index (χ3v) is 4.87. The van der Waals surface area contributed by atoms with Gasteiger partial charge in [-0.2, -0.15) is 9.61 Å². The maximum Gasteiger partial charge on any atom is 0.157 e. The molecule has 3 aromatic rings. The lowest BCUT2D eigenvalue weighted by Crippen LogP contribution is -2.29. The van der Waals surface area contributed by atoms with Gasteiger partial charge in [0.25, 0.3) is 0 Å². The number of anilines is 1. The van der Waals surface area contributed by atoms with Gasteiger partial charge in [0.1, 0.15) is 11.6 Å². The van der Waals surface area contributed by atoms with Crippen molar-refractivity contribution >= 4 is 11.5 Å². The smallest absolute Gasteiger partial charge is 0.157 e. The van der Waals surface area contributed by atoms with Crippen molar-refractivity contribution in [2.75, 3.05) is 11.9 Å². The highest BCUT2D eigenvalue weighted by atomic mass is 16.3. The van der Waals surface area contributed by atoms with Crippen LogP contribution >= 0.6 is 0 Å². The summed E-state index contributed by atoms with van der Waals surface area (Å²) >= 11 is 0. The molecule has 0 aliphatic heterocycles. The summed E-state index contributed by atoms with van der Waals surface area (Å²) in [5, 5.41) is 17.5. The SMILES string of the molecule is Cc1cc(NC2CCc3c(nc(C)n3CCO)C2)n2nc(C)cc2n1. The van der Waals surface area contributed by atoms with E-state index in [0.717, 1.165) is 53.6 Å². The molecule has 1 atom stereocenters. The number of aromatic nitrogens is 5. The molecule has 2 N–H and O–H groups in total. The number of hydrogen-bond acceptors (Lipinski definition) is 5. The van der Waals surface area contributed by atoms with Crippen LogP contribution in [0.2, 0.25) is 0 Å². The Kier molecular flexibility index (Phi) is 3.95. The van der Waals surface area contributed by atoms with Crippen LogP contribution < -0.4 is 5.32 Å². The van der Waals surface area contributed by atoms with Gasteiger partial charge < -0.3 is 15.0 Å². The summed E-state index contributed by atoms with van der Waals surface area (Å²) in [6.07, 6.45) is 2.89. The number of aliphatic hydroxyl groups excluding tert-OH is 1. The Morgan fingerprint density at radius 3 is 2.84 bits per heavy atom. The molecule has 1 unspecified atom stereocenters. The normalized spacial score (nSPS) is 17.0. The van der Waals surface area contributed by atoms with Crippen LogP contribution in [0, 0.1) is 20.8 Å². The Morgan fingerprint density at radius 2 is 2.04 bits per heavy atom. The van der Waals surface area contributed by atoms with Crippen molar-refractivity contribution in [3.63, 3.8) is 0 Å². The number of imidazole rings is 1. The van der Waals surface area contributed by atoms with Crippen molar-refractivity contribution in [1.82, 2.24) is 24.1 Å². The Bertz CT molecular complexity index is 925. The quantitative estimate of drug-likeness (QED) is 0.757. The minimum absolute atomic E-state index is 0.151. The van der Waals surface area contributed by atoms with E-state index >= 15 is 0 Å². The molecule has 132 valence electrons. The molecule has 3 heterocycles. The second-order valence-corrected chi connectivity index (χ2v) is 6.85. The number of nitrogens with zero attached hydrogens (tertiary/aromatic N) is 5. The third kappa shape index (κ3) is 2.89. The molecule has 3 aromatic heterocycles. The van der Waals surface area contributed by atoms with Gasteiger partial charge in [-0.15, -0.1) is 0 Å². The lowest BCUT2D eigenvalue weighted by atomic mass is 9.96. The number of fused-ring (bicyclic) bond motifs is 2. The highest BCUT2D eigenvalue weighted by molar-refractivity contribution is 5.51. The average Bonchev–Trinajstić information content (AvgIpc) is 3.07. The molecule has 0 aromatic carbocycles. The minimum Gasteiger partial charge on any atom is -0.395 e. The maximum absolute atomic E-state index is 9.26. The predicted molar refractivity (Wildman–Crippen MR) is 95.9 cm³/mol. The van der Waals surface area contributed by atoms with Gasteiger partial charge >= 0.3 is 0 Å². The molecule has 7 nitrogen and oxygen atoms in total. The van der Waals surface area contributed by atoms with Gasteiger partial charge in [-0.3, -0.25) is 0 Å². The number of hydrogen-bond donors (Lipinski definition) is 2. The average molecular weight is 340 g/mol. The summed E-state index contributed by atoms with van der Waals surface area (Å²) in [6.45, 7) is 6.78. The molecule has 7 heteroatoms. The topological polar surface area (TPSA) is 80.3 Å². The molecule has 1 aliphatic carbocycles. The summed E-state index contributed by atoms with van der Waals surface area (Å²) in [5.41, 5.74) is 5.24. The molecule has 25 heavy (non-hydrogen) atoms. The molecular weight excluding hydrogens is 316 g/mol. The molecular formula is C18H24N6O. The zero-order valence-corrected chi connectivity index (χ0v) is 15.0. The van der Waals surface area contributed by atoms with Crippen LogP contribution in [0.15, 0.2) is 12.1 Å². The molecule has 4 rings (SSSR count). The van der Waals surface area contributed by atoms with Crippen LogP contribution in [-0.4, -0.2) is 41.9 Å². The fourth-order valence-corrected chi connectivity index (χ4v) is 3.81. The van der Waals surface area contributed by atoms with Crippen LogP contribution in [0.25, 0.3) is 5.65 Å². The van der Waals surface area contributed by atoms with Crippen molar-refractivity contribution in [3.05, 3.63) is 40.7 Å². The van der Waals surface area contributed by atoms with Crippen molar-refractivity contribution in [2.24, 2.45) is 0 Å². The minimum atomic E-state index is 0.151. The molecule has 0 spiro atoms. The second-order valence-electron chi connectivity index (χ2n) is 6.85. The standard InChI is InChI=1S/C18H24N6O/c1-11-8-18(24-17(19-11)9-12(2)22-24)21-14-4-5-16-15(10-14)20-13(3)23(16)6-7-25/h8-9,14,21,25H,4-7,10H2,1-3H3. The summed E-state index contributed by atoms with van der Waals surface area (Å²) in [6, 6.07) is 4.36. The van der Waals surface area contributed by atoms with Gasteiger partial charge in [-0.25, -0.2) is 9.97 Å². The first kappa shape index (κ1) is 16.1. The van der Waals surface area contributed by atoms with Gasteiger partial charge in [0.15, 0.2) is 5.65 Å². The van der Waals surface area contributed by atoms with Gasteiger partial charge in [-0.1, -0.05) is 0 Å². The first-order valence-electron chi connectivity index (χ1n) is 8.81. The molecule has 1 aliphatic rings. The highest BCUT2D eigenvalue weighted by Gasteiger charge is 2.25. The molecule has 0 saturated heterocycles. The van der Waals surface area contributed by atoms with Gasteiger partial charge in [-0.05, 0) is 33.6 Å². The number of aliphatic hydroxyl groups is 1. The molecule has 0 fully saturated rings. The van der Waals surface area contributed by atoms with Crippen LogP contribution in [0.3, 0.4) is 0 Å². The van der Waals surface area contributed by atoms with E-state index in [4.69, 9.17) is 4.98 Å². The van der Waals surface area contributed by atoms with E-state index in [2.05, 4.69) is 20.0 Å². The Balaban J connectivity index is 1.60. The van der Waals surface area contributed by atoms with Gasteiger partial charge in [0, 0.05) is 42.5 Å². The summed E-state index contributed by atoms with van der Waals surface area (Å²) in [4.78, 5) is 9.27. The molecule has 0 amide bonds. The molecule has 0 radical (unpaired) electrons. The van der Waals surface area contributed by atoms with Crippen molar-refractivity contribution < 1.29 is 5.11 Å². The lowest BCUT2D eigenvalue weighted by Gasteiger charge is -2.25. The summed E-state index contributed by atoms with van der Waals surface area (Å²) < 4.78 is 4.03. The van der Waals surface area contributed by atoms with E-state index in [1.54, 1.807) is 0 Å². The molecule has 0 saturated carbocycles. The first-order chi connectivity index (χ1) is 12.0. The van der Waals surface area contributed by atoms with Crippen LogP contribution in [0.1, 0.15) is 35.0 Å². The Labute approximate surface area is 146 Å². The zero-order chi connectivity index (χ0) is 17.6. The van der Waals surface area contributed by atoms with Crippen molar-refractivity contribution in [1.29, 1.82) is 0 Å². The number of aryl methyl sites for hydroxylation is 3. The summed E-state index contributed by atoms with van der Waals surface area (Å²) in [7, 11) is 0. The van der Waals surface area contributed by atoms with E-state index in [0.29, 0.717) is 12.6 Å². The largest absolute Gasteiger partial charge is 0.395 e. The fraction of sp³-hybridized carbons (Fsp3) is 0.500.